The smallest absolute Gasteiger partial charge is 0.269 e. The number of hydrogen-bond donors (Lipinski definition) is 2. The summed E-state index contributed by atoms with van der Waals surface area (Å²) in [6.45, 7) is 1.92. The van der Waals surface area contributed by atoms with Crippen LogP contribution in [0.15, 0.2) is 36.4 Å². The van der Waals surface area contributed by atoms with Gasteiger partial charge in [-0.1, -0.05) is 57.6 Å². The molecule has 0 amide bonds. The number of aliphatic hydroxyl groups is 2. The SMILES string of the molecule is CCCCCC/C=C\CCCCCCCC(=O)C[C@H](CO)[C@@H](O)c1ccc([N+](=O)[O-])cc1. The monoisotopic (exact) mass is 447 g/mol. The van der Waals surface area contributed by atoms with Crippen LogP contribution < -0.4 is 0 Å². The van der Waals surface area contributed by atoms with Crippen LogP contribution in [0.25, 0.3) is 0 Å². The van der Waals surface area contributed by atoms with E-state index in [0.29, 0.717) is 12.0 Å². The molecule has 180 valence electrons. The second kappa shape index (κ2) is 17.5. The van der Waals surface area contributed by atoms with E-state index in [4.69, 9.17) is 0 Å². The van der Waals surface area contributed by atoms with Crippen LogP contribution in [0.4, 0.5) is 5.69 Å². The second-order valence-corrected chi connectivity index (χ2v) is 8.61. The van der Waals surface area contributed by atoms with Crippen molar-refractivity contribution in [1.29, 1.82) is 0 Å². The zero-order valence-corrected chi connectivity index (χ0v) is 19.6. The normalized spacial score (nSPS) is 13.3. The molecule has 6 nitrogen and oxygen atoms in total. The molecule has 0 aliphatic carbocycles. The molecule has 1 rings (SSSR count). The summed E-state index contributed by atoms with van der Waals surface area (Å²) < 4.78 is 0. The third kappa shape index (κ3) is 12.1. The van der Waals surface area contributed by atoms with E-state index in [-0.39, 0.29) is 24.5 Å². The van der Waals surface area contributed by atoms with E-state index in [9.17, 15) is 25.1 Å². The standard InChI is InChI=1S/C26H41NO5/c1-2-3-4-5-6-7-8-9-10-11-12-13-14-15-25(29)20-23(21-28)26(30)22-16-18-24(19-17-22)27(31)32/h7-8,16-19,23,26,28,30H,2-6,9-15,20-21H2,1H3/b8-7-/t23-,26+/m1/s1. The van der Waals surface area contributed by atoms with Crippen LogP contribution >= 0.6 is 0 Å². The van der Waals surface area contributed by atoms with Crippen molar-refractivity contribution in [3.63, 3.8) is 0 Å². The number of non-ortho nitro benzene ring substituents is 1. The number of aliphatic hydroxyl groups excluding tert-OH is 2. The fourth-order valence-corrected chi connectivity index (χ4v) is 3.78. The molecular formula is C26H41NO5. The van der Waals surface area contributed by atoms with Gasteiger partial charge in [-0.2, -0.15) is 0 Å². The van der Waals surface area contributed by atoms with E-state index >= 15 is 0 Å². The zero-order chi connectivity index (χ0) is 23.6. The average Bonchev–Trinajstić information content (AvgIpc) is 2.80. The van der Waals surface area contributed by atoms with E-state index in [1.54, 1.807) is 0 Å². The van der Waals surface area contributed by atoms with Gasteiger partial charge in [0, 0.05) is 37.5 Å². The van der Waals surface area contributed by atoms with Crippen LogP contribution in [-0.4, -0.2) is 27.5 Å². The molecule has 0 unspecified atom stereocenters. The summed E-state index contributed by atoms with van der Waals surface area (Å²) in [7, 11) is 0. The minimum Gasteiger partial charge on any atom is -0.396 e. The molecule has 0 aliphatic heterocycles. The van der Waals surface area contributed by atoms with Gasteiger partial charge in [-0.25, -0.2) is 0 Å². The van der Waals surface area contributed by atoms with Crippen LogP contribution in [0, 0.1) is 16.0 Å². The van der Waals surface area contributed by atoms with Crippen molar-refractivity contribution in [2.75, 3.05) is 6.61 Å². The molecule has 1 aromatic carbocycles. The first-order chi connectivity index (χ1) is 15.5. The number of hydrogen-bond acceptors (Lipinski definition) is 5. The van der Waals surface area contributed by atoms with Gasteiger partial charge in [0.1, 0.15) is 5.78 Å². The first kappa shape index (κ1) is 28.0. The average molecular weight is 448 g/mol. The Labute approximate surface area is 192 Å². The van der Waals surface area contributed by atoms with Crippen LogP contribution in [-0.2, 0) is 4.79 Å². The van der Waals surface area contributed by atoms with Gasteiger partial charge in [0.15, 0.2) is 0 Å². The molecule has 0 spiro atoms. The molecule has 0 aliphatic rings. The van der Waals surface area contributed by atoms with Gasteiger partial charge in [0.05, 0.1) is 11.0 Å². The summed E-state index contributed by atoms with van der Waals surface area (Å²) in [5.41, 5.74) is 0.411. The highest BCUT2D eigenvalue weighted by molar-refractivity contribution is 5.78. The van der Waals surface area contributed by atoms with Crippen molar-refractivity contribution in [1.82, 2.24) is 0 Å². The lowest BCUT2D eigenvalue weighted by molar-refractivity contribution is -0.384. The van der Waals surface area contributed by atoms with Crippen LogP contribution in [0.3, 0.4) is 0 Å². The number of nitro groups is 1. The van der Waals surface area contributed by atoms with Gasteiger partial charge in [-0.05, 0) is 49.8 Å². The molecule has 2 N–H and O–H groups in total. The number of carbonyl (C=O) groups is 1. The number of nitrogens with zero attached hydrogens (tertiary/aromatic N) is 1. The summed E-state index contributed by atoms with van der Waals surface area (Å²) in [4.78, 5) is 22.5. The molecule has 0 saturated carbocycles. The summed E-state index contributed by atoms with van der Waals surface area (Å²) >= 11 is 0. The van der Waals surface area contributed by atoms with Gasteiger partial charge in [0.25, 0.3) is 5.69 Å². The minimum absolute atomic E-state index is 0.0380. The van der Waals surface area contributed by atoms with Gasteiger partial charge < -0.3 is 10.2 Å². The Hall–Kier alpha value is -2.05. The zero-order valence-electron chi connectivity index (χ0n) is 19.6. The fraction of sp³-hybridized carbons (Fsp3) is 0.654. The van der Waals surface area contributed by atoms with E-state index < -0.39 is 16.9 Å². The first-order valence-corrected chi connectivity index (χ1v) is 12.2. The van der Waals surface area contributed by atoms with Crippen molar-refractivity contribution in [2.24, 2.45) is 5.92 Å². The largest absolute Gasteiger partial charge is 0.396 e. The maximum atomic E-state index is 12.3. The lowest BCUT2D eigenvalue weighted by Crippen LogP contribution is -2.20. The van der Waals surface area contributed by atoms with Crippen molar-refractivity contribution >= 4 is 11.5 Å². The van der Waals surface area contributed by atoms with E-state index in [0.717, 1.165) is 25.7 Å². The molecule has 0 radical (unpaired) electrons. The third-order valence-corrected chi connectivity index (χ3v) is 5.83. The predicted molar refractivity (Wildman–Crippen MR) is 128 cm³/mol. The Balaban J connectivity index is 2.16. The number of allylic oxidation sites excluding steroid dienone is 2. The molecule has 0 aromatic heterocycles. The van der Waals surface area contributed by atoms with Crippen molar-refractivity contribution in [3.05, 3.63) is 52.1 Å². The van der Waals surface area contributed by atoms with E-state index in [1.807, 2.05) is 0 Å². The molecule has 1 aromatic rings. The lowest BCUT2D eigenvalue weighted by Gasteiger charge is -2.20. The highest BCUT2D eigenvalue weighted by Gasteiger charge is 2.23. The number of Topliss-reactive ketones (excluding diaryl/α,β-unsaturated/α-hetero) is 1. The summed E-state index contributed by atoms with van der Waals surface area (Å²) in [6, 6.07) is 5.58. The lowest BCUT2D eigenvalue weighted by atomic mass is 9.90. The van der Waals surface area contributed by atoms with Gasteiger partial charge in [-0.3, -0.25) is 14.9 Å². The van der Waals surface area contributed by atoms with Crippen molar-refractivity contribution < 1.29 is 19.9 Å². The predicted octanol–water partition coefficient (Wildman–Crippen LogP) is 6.45. The number of nitro benzene ring substituents is 1. The molecule has 6 heteroatoms. The van der Waals surface area contributed by atoms with E-state index in [2.05, 4.69) is 19.1 Å². The van der Waals surface area contributed by atoms with Gasteiger partial charge in [-0.15, -0.1) is 0 Å². The van der Waals surface area contributed by atoms with Crippen LogP contribution in [0.2, 0.25) is 0 Å². The van der Waals surface area contributed by atoms with Crippen LogP contribution in [0.1, 0.15) is 102 Å². The van der Waals surface area contributed by atoms with Gasteiger partial charge in [0.2, 0.25) is 0 Å². The Morgan fingerprint density at radius 2 is 1.53 bits per heavy atom. The van der Waals surface area contributed by atoms with E-state index in [1.165, 1.54) is 69.2 Å². The quantitative estimate of drug-likeness (QED) is 0.110. The number of unbranched alkanes of at least 4 members (excludes halogenated alkanes) is 9. The number of ketones is 1. The summed E-state index contributed by atoms with van der Waals surface area (Å²) in [6.07, 6.45) is 17.0. The first-order valence-electron chi connectivity index (χ1n) is 12.2. The Kier molecular flexibility index (Phi) is 15.3. The number of carbonyl (C=O) groups excluding carboxylic acids is 1. The fourth-order valence-electron chi connectivity index (χ4n) is 3.78. The summed E-state index contributed by atoms with van der Waals surface area (Å²) in [5, 5.41) is 30.8. The third-order valence-electron chi connectivity index (χ3n) is 5.83. The molecule has 0 saturated heterocycles. The Bertz CT molecular complexity index is 671. The molecule has 2 atom stereocenters. The maximum Gasteiger partial charge on any atom is 0.269 e. The van der Waals surface area contributed by atoms with Gasteiger partial charge >= 0.3 is 0 Å². The Morgan fingerprint density at radius 1 is 0.969 bits per heavy atom. The van der Waals surface area contributed by atoms with Crippen molar-refractivity contribution in [3.8, 4) is 0 Å². The molecule has 0 fully saturated rings. The van der Waals surface area contributed by atoms with Crippen LogP contribution in [0.5, 0.6) is 0 Å². The minimum atomic E-state index is -1.02. The molecular weight excluding hydrogens is 406 g/mol. The Morgan fingerprint density at radius 3 is 2.09 bits per heavy atom. The second-order valence-electron chi connectivity index (χ2n) is 8.61. The highest BCUT2D eigenvalue weighted by Crippen LogP contribution is 2.27. The molecule has 32 heavy (non-hydrogen) atoms. The topological polar surface area (TPSA) is 101 Å². The maximum absolute atomic E-state index is 12.3. The summed E-state index contributed by atoms with van der Waals surface area (Å²) in [5.74, 6) is -0.561. The highest BCUT2D eigenvalue weighted by atomic mass is 16.6. The number of benzene rings is 1. The number of rotatable bonds is 19. The van der Waals surface area contributed by atoms with Crippen molar-refractivity contribution in [2.45, 2.75) is 96.5 Å². The molecule has 0 heterocycles. The molecule has 0 bridgehead atoms.